The van der Waals surface area contributed by atoms with E-state index in [0.717, 1.165) is 12.8 Å². The van der Waals surface area contributed by atoms with E-state index in [1.54, 1.807) is 0 Å². The van der Waals surface area contributed by atoms with E-state index in [9.17, 15) is 0 Å². The molecule has 6 aromatic rings. The number of aryl methyl sites for hydroxylation is 4. The molecule has 0 fully saturated rings. The van der Waals surface area contributed by atoms with Gasteiger partial charge in [0.2, 0.25) is 0 Å². The van der Waals surface area contributed by atoms with Crippen molar-refractivity contribution in [3.63, 3.8) is 0 Å². The van der Waals surface area contributed by atoms with Gasteiger partial charge in [0.15, 0.2) is 0 Å². The van der Waals surface area contributed by atoms with Crippen molar-refractivity contribution >= 4 is 37.6 Å². The van der Waals surface area contributed by atoms with Gasteiger partial charge in [0, 0.05) is 0 Å². The topological polar surface area (TPSA) is 0 Å². The maximum atomic E-state index is 4.53. The summed E-state index contributed by atoms with van der Waals surface area (Å²) in [7, 11) is 1.36. The molecule has 0 aromatic heterocycles. The molecule has 6 rings (SSSR count). The Labute approximate surface area is 276 Å². The Morgan fingerprint density at radius 1 is 0.595 bits per heavy atom. The number of benzene rings is 4. The molecule has 0 aliphatic carbocycles. The first-order valence-electron chi connectivity index (χ1n) is 14.6. The SMILES string of the molecule is CCc1ccc(-c2cccc3[cH-]c(C)cc23)cc1.CCc1ccc(-c2cccc3[cH-]c(C)cc23)cc1.C[CH-]C.[CH-]=[SiH2].[Zr+4]. The minimum atomic E-state index is 0. The van der Waals surface area contributed by atoms with Crippen LogP contribution in [-0.2, 0) is 39.0 Å². The predicted octanol–water partition coefficient (Wildman–Crippen LogP) is 10.3. The first-order valence-corrected chi connectivity index (χ1v) is 15.4. The van der Waals surface area contributed by atoms with Crippen LogP contribution in [-0.4, -0.2) is 16.0 Å². The van der Waals surface area contributed by atoms with Crippen molar-refractivity contribution in [1.29, 1.82) is 0 Å². The standard InChI is InChI=1S/2C18H17.C3H7.CH3Si.Zr/c2*1-3-14-7-9-15(10-8-14)17-6-4-5-16-11-13(2)12-18(16)17;1-3-2;1-2;/h2*4-12H,3H2,1-2H3;3H,1-2H3;1H,2H2;/q4*-1;+4. The predicted molar refractivity (Wildman–Crippen MR) is 188 cm³/mol. The molecular weight excluding hydrogens is 600 g/mol. The van der Waals surface area contributed by atoms with E-state index >= 15 is 0 Å². The summed E-state index contributed by atoms with van der Waals surface area (Å²) in [5, 5.41) is 5.40. The molecule has 0 bridgehead atoms. The van der Waals surface area contributed by atoms with Crippen LogP contribution in [0.25, 0.3) is 43.8 Å². The molecule has 0 radical (unpaired) electrons. The Bertz CT molecular complexity index is 1510. The average Bonchev–Trinajstić information content (AvgIpc) is 3.59. The maximum absolute atomic E-state index is 4.53. The van der Waals surface area contributed by atoms with E-state index in [4.69, 9.17) is 0 Å². The third-order valence-corrected chi connectivity index (χ3v) is 7.14. The van der Waals surface area contributed by atoms with Crippen molar-refractivity contribution in [1.82, 2.24) is 0 Å². The Hall–Kier alpha value is -2.93. The van der Waals surface area contributed by atoms with E-state index in [1.807, 2.05) is 20.3 Å². The van der Waals surface area contributed by atoms with Gasteiger partial charge < -0.3 is 12.6 Å². The summed E-state index contributed by atoms with van der Waals surface area (Å²) >= 11 is 0. The van der Waals surface area contributed by atoms with E-state index in [0.29, 0.717) is 0 Å². The van der Waals surface area contributed by atoms with Crippen molar-refractivity contribution in [3.05, 3.63) is 138 Å². The monoisotopic (exact) mass is 642 g/mol. The summed E-state index contributed by atoms with van der Waals surface area (Å²) < 4.78 is 0. The van der Waals surface area contributed by atoms with Crippen LogP contribution in [0, 0.1) is 20.3 Å². The van der Waals surface area contributed by atoms with Gasteiger partial charge in [-0.15, -0.1) is 69.1 Å². The van der Waals surface area contributed by atoms with Crippen LogP contribution in [0.4, 0.5) is 0 Å². The Morgan fingerprint density at radius 2 is 0.929 bits per heavy atom. The van der Waals surface area contributed by atoms with Crippen molar-refractivity contribution in [2.45, 2.75) is 54.4 Å². The number of fused-ring (bicyclic) bond motifs is 2. The van der Waals surface area contributed by atoms with Crippen LogP contribution in [0.5, 0.6) is 0 Å². The van der Waals surface area contributed by atoms with Gasteiger partial charge in [-0.25, -0.2) is 9.85 Å². The molecule has 0 saturated carbocycles. The van der Waals surface area contributed by atoms with Crippen molar-refractivity contribution < 1.29 is 26.2 Å². The maximum Gasteiger partial charge on any atom is 4.00 e. The van der Waals surface area contributed by atoms with Crippen LogP contribution in [0.2, 0.25) is 0 Å². The van der Waals surface area contributed by atoms with Gasteiger partial charge in [-0.1, -0.05) is 99.5 Å². The largest absolute Gasteiger partial charge is 4.00 e. The molecule has 212 valence electrons. The van der Waals surface area contributed by atoms with Gasteiger partial charge in [-0.05, 0) is 35.1 Å². The van der Waals surface area contributed by atoms with Gasteiger partial charge >= 0.3 is 26.2 Å². The van der Waals surface area contributed by atoms with Crippen molar-refractivity contribution in [3.8, 4) is 22.3 Å². The van der Waals surface area contributed by atoms with Crippen molar-refractivity contribution in [2.24, 2.45) is 0 Å². The Morgan fingerprint density at radius 3 is 1.24 bits per heavy atom. The van der Waals surface area contributed by atoms with Crippen LogP contribution in [0.15, 0.2) is 109 Å². The molecule has 0 heterocycles. The van der Waals surface area contributed by atoms with E-state index in [-0.39, 0.29) is 26.2 Å². The summed E-state index contributed by atoms with van der Waals surface area (Å²) in [4.78, 5) is 0. The molecule has 0 nitrogen and oxygen atoms in total. The van der Waals surface area contributed by atoms with E-state index in [1.165, 1.54) is 75.9 Å². The Balaban J connectivity index is 0.000000250. The average molecular weight is 644 g/mol. The second kappa shape index (κ2) is 17.9. The number of hydrogen-bond donors (Lipinski definition) is 0. The van der Waals surface area contributed by atoms with Gasteiger partial charge in [0.05, 0.1) is 0 Å². The molecule has 6 aromatic carbocycles. The van der Waals surface area contributed by atoms with Crippen LogP contribution in [0.1, 0.15) is 49.9 Å². The molecule has 0 aliphatic heterocycles. The van der Waals surface area contributed by atoms with Crippen LogP contribution >= 0.6 is 0 Å². The number of hydrogen-bond acceptors (Lipinski definition) is 0. The minimum Gasteiger partial charge on any atom is -0.533 e. The molecular formula is C40H44SiZr. The second-order valence-electron chi connectivity index (χ2n) is 10.4. The minimum absolute atomic E-state index is 0. The second-order valence-corrected chi connectivity index (χ2v) is 10.4. The first kappa shape index (κ1) is 35.3. The molecule has 0 amide bonds. The first-order chi connectivity index (χ1) is 20.0. The summed E-state index contributed by atoms with van der Waals surface area (Å²) in [5.41, 5.74) is 10.7. The molecule has 0 atom stereocenters. The fourth-order valence-electron chi connectivity index (χ4n) is 5.11. The molecule has 0 saturated heterocycles. The summed E-state index contributed by atoms with van der Waals surface area (Å²) in [6, 6.07) is 40.0. The zero-order valence-electron chi connectivity index (χ0n) is 26.2. The van der Waals surface area contributed by atoms with Gasteiger partial charge in [-0.3, -0.25) is 0 Å². The van der Waals surface area contributed by atoms with Crippen molar-refractivity contribution in [2.75, 3.05) is 0 Å². The van der Waals surface area contributed by atoms with E-state index in [2.05, 4.69) is 143 Å². The van der Waals surface area contributed by atoms with Crippen LogP contribution in [0.3, 0.4) is 0 Å². The van der Waals surface area contributed by atoms with Gasteiger partial charge in [-0.2, -0.15) is 26.0 Å². The normalized spacial score (nSPS) is 9.95. The Kier molecular flexibility index (Phi) is 15.0. The summed E-state index contributed by atoms with van der Waals surface area (Å²) in [5.74, 6) is 0. The zero-order chi connectivity index (χ0) is 29.8. The van der Waals surface area contributed by atoms with Crippen LogP contribution < -0.4 is 0 Å². The third kappa shape index (κ3) is 9.03. The molecule has 0 aliphatic rings. The smallest absolute Gasteiger partial charge is 0.533 e. The molecule has 0 spiro atoms. The molecule has 0 unspecified atom stereocenters. The third-order valence-electron chi connectivity index (χ3n) is 7.14. The zero-order valence-corrected chi connectivity index (χ0v) is 30.0. The van der Waals surface area contributed by atoms with E-state index < -0.39 is 0 Å². The van der Waals surface area contributed by atoms with Gasteiger partial charge in [0.1, 0.15) is 0 Å². The summed E-state index contributed by atoms with van der Waals surface area (Å²) in [6.07, 6.45) is 8.72. The summed E-state index contributed by atoms with van der Waals surface area (Å²) in [6.45, 7) is 12.7. The van der Waals surface area contributed by atoms with Gasteiger partial charge in [0.25, 0.3) is 0 Å². The molecule has 2 heteroatoms. The quantitative estimate of drug-likeness (QED) is 0.132. The fourth-order valence-corrected chi connectivity index (χ4v) is 5.11. The number of rotatable bonds is 4. The molecule has 42 heavy (non-hydrogen) atoms. The molecule has 0 N–H and O–H groups in total. The fraction of sp³-hybridized carbons (Fsp3) is 0.200.